The van der Waals surface area contributed by atoms with E-state index in [9.17, 15) is 8.42 Å². The van der Waals surface area contributed by atoms with E-state index < -0.39 is 10.0 Å². The Labute approximate surface area is 142 Å². The number of anilines is 1. The predicted octanol–water partition coefficient (Wildman–Crippen LogP) is 2.13. The van der Waals surface area contributed by atoms with Crippen molar-refractivity contribution in [3.63, 3.8) is 0 Å². The summed E-state index contributed by atoms with van der Waals surface area (Å²) in [5.41, 5.74) is 0.924. The van der Waals surface area contributed by atoms with Gasteiger partial charge in [-0.1, -0.05) is 12.1 Å². The summed E-state index contributed by atoms with van der Waals surface area (Å²) in [6.07, 6.45) is 1.60. The Balaban J connectivity index is 2.07. The van der Waals surface area contributed by atoms with Crippen LogP contribution in [0.15, 0.2) is 41.4 Å². The average Bonchev–Trinajstić information content (AvgIpc) is 2.59. The highest BCUT2D eigenvalue weighted by atomic mass is 32.2. The average molecular weight is 350 g/mol. The Hall–Kier alpha value is -2.19. The first-order valence-electron chi connectivity index (χ1n) is 7.52. The fourth-order valence-corrected chi connectivity index (χ4v) is 3.31. The summed E-state index contributed by atoms with van der Waals surface area (Å²) in [4.78, 5) is 8.53. The van der Waals surface area contributed by atoms with Crippen LogP contribution >= 0.6 is 0 Å². The maximum absolute atomic E-state index is 12.4. The molecule has 24 heavy (non-hydrogen) atoms. The van der Waals surface area contributed by atoms with E-state index in [-0.39, 0.29) is 10.9 Å². The SMILES string of the molecule is COc1ccnc(NCc2ccc(S(=O)(=O)N(C)C(C)C)cc2)n1. The van der Waals surface area contributed by atoms with Gasteiger partial charge in [-0.3, -0.25) is 0 Å². The van der Waals surface area contributed by atoms with Crippen LogP contribution < -0.4 is 10.1 Å². The minimum absolute atomic E-state index is 0.0958. The lowest BCUT2D eigenvalue weighted by Crippen LogP contribution is -2.33. The molecule has 0 unspecified atom stereocenters. The number of nitrogens with one attached hydrogen (secondary N) is 1. The van der Waals surface area contributed by atoms with Crippen LogP contribution in [0.3, 0.4) is 0 Å². The van der Waals surface area contributed by atoms with Gasteiger partial charge in [0.05, 0.1) is 12.0 Å². The number of hydrogen-bond acceptors (Lipinski definition) is 6. The minimum atomic E-state index is -3.46. The van der Waals surface area contributed by atoms with Gasteiger partial charge in [-0.25, -0.2) is 13.4 Å². The Morgan fingerprint density at radius 1 is 1.21 bits per heavy atom. The molecule has 0 atom stereocenters. The van der Waals surface area contributed by atoms with Crippen LogP contribution in [0.2, 0.25) is 0 Å². The highest BCUT2D eigenvalue weighted by Gasteiger charge is 2.22. The van der Waals surface area contributed by atoms with Crippen LogP contribution in [0.4, 0.5) is 5.95 Å². The van der Waals surface area contributed by atoms with Gasteiger partial charge in [0.25, 0.3) is 0 Å². The monoisotopic (exact) mass is 350 g/mol. The molecule has 7 nitrogen and oxygen atoms in total. The highest BCUT2D eigenvalue weighted by Crippen LogP contribution is 2.17. The summed E-state index contributed by atoms with van der Waals surface area (Å²) >= 11 is 0. The molecular formula is C16H22N4O3S. The van der Waals surface area contributed by atoms with Crippen molar-refractivity contribution >= 4 is 16.0 Å². The molecule has 1 aromatic heterocycles. The number of nitrogens with zero attached hydrogens (tertiary/aromatic N) is 3. The number of hydrogen-bond donors (Lipinski definition) is 1. The first kappa shape index (κ1) is 18.2. The third kappa shape index (κ3) is 4.21. The number of ether oxygens (including phenoxy) is 1. The summed E-state index contributed by atoms with van der Waals surface area (Å²) in [5.74, 6) is 0.927. The molecule has 0 aliphatic rings. The van der Waals surface area contributed by atoms with Gasteiger partial charge in [-0.15, -0.1) is 0 Å². The lowest BCUT2D eigenvalue weighted by Gasteiger charge is -2.21. The molecule has 0 fully saturated rings. The van der Waals surface area contributed by atoms with Crippen LogP contribution in [-0.2, 0) is 16.6 Å². The van der Waals surface area contributed by atoms with Gasteiger partial charge in [-0.05, 0) is 31.5 Å². The van der Waals surface area contributed by atoms with Gasteiger partial charge < -0.3 is 10.1 Å². The van der Waals surface area contributed by atoms with Crippen molar-refractivity contribution < 1.29 is 13.2 Å². The van der Waals surface area contributed by atoms with Crippen molar-refractivity contribution in [3.8, 4) is 5.88 Å². The van der Waals surface area contributed by atoms with E-state index in [0.717, 1.165) is 5.56 Å². The predicted molar refractivity (Wildman–Crippen MR) is 92.4 cm³/mol. The van der Waals surface area contributed by atoms with Crippen molar-refractivity contribution in [2.75, 3.05) is 19.5 Å². The van der Waals surface area contributed by atoms with Crippen molar-refractivity contribution in [2.24, 2.45) is 0 Å². The highest BCUT2D eigenvalue weighted by molar-refractivity contribution is 7.89. The zero-order chi connectivity index (χ0) is 17.7. The summed E-state index contributed by atoms with van der Waals surface area (Å²) in [6, 6.07) is 8.33. The van der Waals surface area contributed by atoms with Crippen molar-refractivity contribution in [2.45, 2.75) is 31.3 Å². The van der Waals surface area contributed by atoms with E-state index in [1.54, 1.807) is 50.7 Å². The molecule has 0 saturated heterocycles. The molecular weight excluding hydrogens is 328 g/mol. The van der Waals surface area contributed by atoms with E-state index in [1.807, 2.05) is 13.8 Å². The van der Waals surface area contributed by atoms with Crippen molar-refractivity contribution in [1.29, 1.82) is 0 Å². The first-order chi connectivity index (χ1) is 11.3. The quantitative estimate of drug-likeness (QED) is 0.823. The van der Waals surface area contributed by atoms with E-state index >= 15 is 0 Å². The molecule has 0 amide bonds. The molecule has 0 aliphatic heterocycles. The van der Waals surface area contributed by atoms with Gasteiger partial charge in [0.1, 0.15) is 0 Å². The van der Waals surface area contributed by atoms with E-state index in [2.05, 4.69) is 15.3 Å². The molecule has 2 aromatic rings. The van der Waals surface area contributed by atoms with Crippen molar-refractivity contribution in [3.05, 3.63) is 42.1 Å². The minimum Gasteiger partial charge on any atom is -0.481 e. The maximum atomic E-state index is 12.4. The van der Waals surface area contributed by atoms with Gasteiger partial charge in [0, 0.05) is 31.9 Å². The molecule has 0 bridgehead atoms. The Bertz CT molecular complexity index is 776. The molecule has 0 spiro atoms. The summed E-state index contributed by atoms with van der Waals surface area (Å²) < 4.78 is 31.2. The molecule has 1 aromatic carbocycles. The zero-order valence-corrected chi connectivity index (χ0v) is 15.0. The number of aromatic nitrogens is 2. The van der Waals surface area contributed by atoms with E-state index in [4.69, 9.17) is 4.74 Å². The summed E-state index contributed by atoms with van der Waals surface area (Å²) in [7, 11) is -0.339. The fourth-order valence-electron chi connectivity index (χ4n) is 1.95. The van der Waals surface area contributed by atoms with Gasteiger partial charge in [-0.2, -0.15) is 9.29 Å². The second-order valence-corrected chi connectivity index (χ2v) is 7.53. The molecule has 0 aliphatic carbocycles. The number of rotatable bonds is 7. The lowest BCUT2D eigenvalue weighted by molar-refractivity contribution is 0.397. The number of benzene rings is 1. The van der Waals surface area contributed by atoms with Crippen LogP contribution in [0.5, 0.6) is 5.88 Å². The zero-order valence-electron chi connectivity index (χ0n) is 14.2. The second kappa shape index (κ2) is 7.59. The number of sulfonamides is 1. The Morgan fingerprint density at radius 2 is 1.88 bits per heavy atom. The van der Waals surface area contributed by atoms with Gasteiger partial charge >= 0.3 is 0 Å². The van der Waals surface area contributed by atoms with Crippen LogP contribution in [0, 0.1) is 0 Å². The number of methoxy groups -OCH3 is 1. The summed E-state index contributed by atoms with van der Waals surface area (Å²) in [6.45, 7) is 4.15. The first-order valence-corrected chi connectivity index (χ1v) is 8.96. The van der Waals surface area contributed by atoms with Crippen LogP contribution in [0.1, 0.15) is 19.4 Å². The normalized spacial score (nSPS) is 11.8. The smallest absolute Gasteiger partial charge is 0.243 e. The molecule has 1 N–H and O–H groups in total. The molecule has 0 saturated carbocycles. The van der Waals surface area contributed by atoms with Crippen LogP contribution in [-0.4, -0.2) is 42.9 Å². The topological polar surface area (TPSA) is 84.4 Å². The Morgan fingerprint density at radius 3 is 2.46 bits per heavy atom. The maximum Gasteiger partial charge on any atom is 0.243 e. The fraction of sp³-hybridized carbons (Fsp3) is 0.375. The summed E-state index contributed by atoms with van der Waals surface area (Å²) in [5, 5.41) is 3.07. The van der Waals surface area contributed by atoms with E-state index in [1.165, 1.54) is 4.31 Å². The Kier molecular flexibility index (Phi) is 5.74. The third-order valence-corrected chi connectivity index (χ3v) is 5.67. The third-order valence-electron chi connectivity index (χ3n) is 3.62. The molecule has 8 heteroatoms. The molecule has 0 radical (unpaired) electrons. The largest absolute Gasteiger partial charge is 0.481 e. The van der Waals surface area contributed by atoms with Crippen LogP contribution in [0.25, 0.3) is 0 Å². The molecule has 130 valence electrons. The van der Waals surface area contributed by atoms with Gasteiger partial charge in [0.15, 0.2) is 0 Å². The van der Waals surface area contributed by atoms with E-state index in [0.29, 0.717) is 18.4 Å². The second-order valence-electron chi connectivity index (χ2n) is 5.54. The standard InChI is InChI=1S/C16H22N4O3S/c1-12(2)20(3)24(21,22)14-7-5-13(6-8-14)11-18-16-17-10-9-15(19-16)23-4/h5-10,12H,11H2,1-4H3,(H,17,18,19). The van der Waals surface area contributed by atoms with Crippen molar-refractivity contribution in [1.82, 2.24) is 14.3 Å². The lowest BCUT2D eigenvalue weighted by atomic mass is 10.2. The molecule has 1 heterocycles. The molecule has 2 rings (SSSR count). The van der Waals surface area contributed by atoms with Gasteiger partial charge in [0.2, 0.25) is 21.9 Å².